The number of rotatable bonds is 4. The molecule has 122 valence electrons. The molecule has 1 saturated carbocycles. The average Bonchev–Trinajstić information content (AvgIpc) is 3.00. The van der Waals surface area contributed by atoms with E-state index in [4.69, 9.17) is 11.6 Å². The molecule has 0 aliphatic heterocycles. The van der Waals surface area contributed by atoms with Gasteiger partial charge in [-0.3, -0.25) is 0 Å². The van der Waals surface area contributed by atoms with Crippen molar-refractivity contribution >= 4 is 23.4 Å². The summed E-state index contributed by atoms with van der Waals surface area (Å²) in [4.78, 5) is 14.8. The van der Waals surface area contributed by atoms with Gasteiger partial charge in [-0.15, -0.1) is 15.0 Å². The third-order valence-electron chi connectivity index (χ3n) is 4.29. The molecule has 1 N–H and O–H groups in total. The zero-order valence-electron chi connectivity index (χ0n) is 12.9. The molecule has 2 aromatic rings. The van der Waals surface area contributed by atoms with Crippen molar-refractivity contribution in [1.29, 1.82) is 0 Å². The minimum absolute atomic E-state index is 0.0296. The van der Waals surface area contributed by atoms with Crippen LogP contribution in [0.3, 0.4) is 0 Å². The van der Waals surface area contributed by atoms with E-state index >= 15 is 0 Å². The van der Waals surface area contributed by atoms with Crippen molar-refractivity contribution in [3.8, 4) is 5.69 Å². The van der Waals surface area contributed by atoms with E-state index in [1.165, 1.54) is 24.1 Å². The molecule has 0 saturated heterocycles. The molecule has 0 amide bonds. The summed E-state index contributed by atoms with van der Waals surface area (Å²) < 4.78 is 0. The first-order valence-electron chi connectivity index (χ1n) is 7.75. The number of anilines is 1. The van der Waals surface area contributed by atoms with Gasteiger partial charge in [0, 0.05) is 18.1 Å². The van der Waals surface area contributed by atoms with Gasteiger partial charge in [-0.05, 0) is 31.0 Å². The molecule has 1 fully saturated rings. The number of hydrogen-bond donors (Lipinski definition) is 1. The zero-order chi connectivity index (χ0) is 16.4. The van der Waals surface area contributed by atoms with Crippen LogP contribution in [0.5, 0.6) is 0 Å². The van der Waals surface area contributed by atoms with Gasteiger partial charge in [0.1, 0.15) is 0 Å². The second-order valence-electron chi connectivity index (χ2n) is 5.85. The van der Waals surface area contributed by atoms with Crippen LogP contribution in [0, 0.1) is 0 Å². The Morgan fingerprint density at radius 2 is 2.04 bits per heavy atom. The Morgan fingerprint density at radius 1 is 1.30 bits per heavy atom. The average molecular weight is 335 g/mol. The van der Waals surface area contributed by atoms with Crippen molar-refractivity contribution in [2.75, 3.05) is 11.9 Å². The van der Waals surface area contributed by atoms with E-state index < -0.39 is 5.97 Å². The lowest BCUT2D eigenvalue weighted by molar-refractivity contribution is 0.0690. The molecular formula is C16H19ClN4O2. The van der Waals surface area contributed by atoms with Crippen molar-refractivity contribution in [3.63, 3.8) is 0 Å². The third kappa shape index (κ3) is 3.32. The van der Waals surface area contributed by atoms with Crippen LogP contribution in [-0.4, -0.2) is 39.2 Å². The van der Waals surface area contributed by atoms with Gasteiger partial charge in [-0.25, -0.2) is 4.79 Å². The Labute approximate surface area is 139 Å². The first-order chi connectivity index (χ1) is 11.1. The molecular weight excluding hydrogens is 316 g/mol. The first kappa shape index (κ1) is 15.8. The highest BCUT2D eigenvalue weighted by Gasteiger charge is 2.27. The van der Waals surface area contributed by atoms with E-state index in [9.17, 15) is 9.90 Å². The first-order valence-corrected chi connectivity index (χ1v) is 8.13. The Morgan fingerprint density at radius 3 is 2.70 bits per heavy atom. The van der Waals surface area contributed by atoms with Gasteiger partial charge in [0.25, 0.3) is 0 Å². The number of benzene rings is 1. The molecule has 0 atom stereocenters. The second-order valence-corrected chi connectivity index (χ2v) is 6.29. The van der Waals surface area contributed by atoms with E-state index in [-0.39, 0.29) is 5.69 Å². The van der Waals surface area contributed by atoms with Gasteiger partial charge in [0.2, 0.25) is 5.69 Å². The van der Waals surface area contributed by atoms with Crippen molar-refractivity contribution in [3.05, 3.63) is 35.0 Å². The topological polar surface area (TPSA) is 71.2 Å². The molecule has 7 heteroatoms. The predicted octanol–water partition coefficient (Wildman–Crippen LogP) is 3.39. The molecule has 0 bridgehead atoms. The smallest absolute Gasteiger partial charge is 0.360 e. The van der Waals surface area contributed by atoms with Crippen molar-refractivity contribution in [2.45, 2.75) is 38.1 Å². The maximum Gasteiger partial charge on any atom is 0.360 e. The summed E-state index contributed by atoms with van der Waals surface area (Å²) in [6.45, 7) is 0. The van der Waals surface area contributed by atoms with Crippen LogP contribution in [0.4, 0.5) is 5.82 Å². The lowest BCUT2D eigenvalue weighted by atomic mass is 9.94. The largest absolute Gasteiger partial charge is 0.476 e. The third-order valence-corrected chi connectivity index (χ3v) is 4.53. The fraction of sp³-hybridized carbons (Fsp3) is 0.438. The normalized spacial score (nSPS) is 15.6. The number of nitrogens with zero attached hydrogens (tertiary/aromatic N) is 4. The standard InChI is InChI=1S/C16H19ClN4O2/c1-20(12-7-3-2-4-8-12)15-14(16(22)23)18-21(19-15)13-9-5-6-11(17)10-13/h5-6,9-10,12H,2-4,7-8H2,1H3,(H,22,23). The molecule has 0 unspecified atom stereocenters. The van der Waals surface area contributed by atoms with Gasteiger partial charge in [0.15, 0.2) is 5.82 Å². The van der Waals surface area contributed by atoms with Crippen LogP contribution < -0.4 is 4.90 Å². The Kier molecular flexibility index (Phi) is 4.52. The number of hydrogen-bond acceptors (Lipinski definition) is 4. The van der Waals surface area contributed by atoms with E-state index in [0.717, 1.165) is 12.8 Å². The van der Waals surface area contributed by atoms with Gasteiger partial charge in [-0.2, -0.15) is 0 Å². The van der Waals surface area contributed by atoms with E-state index in [1.807, 2.05) is 11.9 Å². The maximum absolute atomic E-state index is 11.6. The van der Waals surface area contributed by atoms with Crippen LogP contribution >= 0.6 is 11.6 Å². The molecule has 23 heavy (non-hydrogen) atoms. The number of halogens is 1. The number of carboxylic acids is 1. The van der Waals surface area contributed by atoms with Gasteiger partial charge in [0.05, 0.1) is 5.69 Å². The SMILES string of the molecule is CN(c1nn(-c2cccc(Cl)c2)nc1C(=O)O)C1CCCCC1. The monoisotopic (exact) mass is 334 g/mol. The summed E-state index contributed by atoms with van der Waals surface area (Å²) in [6.07, 6.45) is 5.68. The van der Waals surface area contributed by atoms with E-state index in [1.54, 1.807) is 24.3 Å². The fourth-order valence-electron chi connectivity index (χ4n) is 3.03. The second kappa shape index (κ2) is 6.58. The van der Waals surface area contributed by atoms with Crippen LogP contribution in [0.2, 0.25) is 5.02 Å². The number of carboxylic acid groups (broad SMARTS) is 1. The van der Waals surface area contributed by atoms with E-state index in [2.05, 4.69) is 10.2 Å². The predicted molar refractivity (Wildman–Crippen MR) is 88.6 cm³/mol. The minimum atomic E-state index is -1.07. The quantitative estimate of drug-likeness (QED) is 0.928. The van der Waals surface area contributed by atoms with E-state index in [0.29, 0.717) is 22.6 Å². The van der Waals surface area contributed by atoms with Crippen molar-refractivity contribution in [1.82, 2.24) is 15.0 Å². The Balaban J connectivity index is 1.97. The zero-order valence-corrected chi connectivity index (χ0v) is 13.7. The molecule has 0 spiro atoms. The molecule has 3 rings (SSSR count). The summed E-state index contributed by atoms with van der Waals surface area (Å²) >= 11 is 5.99. The van der Waals surface area contributed by atoms with Gasteiger partial charge < -0.3 is 10.0 Å². The molecule has 1 aromatic heterocycles. The summed E-state index contributed by atoms with van der Waals surface area (Å²) in [7, 11) is 1.90. The molecule has 6 nitrogen and oxygen atoms in total. The number of carbonyl (C=O) groups is 1. The van der Waals surface area contributed by atoms with Crippen LogP contribution in [-0.2, 0) is 0 Å². The van der Waals surface area contributed by atoms with Crippen LogP contribution in [0.15, 0.2) is 24.3 Å². The summed E-state index contributed by atoms with van der Waals surface area (Å²) in [5, 5.41) is 18.6. The molecule has 1 aliphatic carbocycles. The minimum Gasteiger partial charge on any atom is -0.476 e. The Hall–Kier alpha value is -2.08. The van der Waals surface area contributed by atoms with Crippen LogP contribution in [0.25, 0.3) is 5.69 Å². The lowest BCUT2D eigenvalue weighted by Gasteiger charge is -2.31. The number of aromatic carboxylic acids is 1. The molecule has 1 heterocycles. The molecule has 1 aromatic carbocycles. The molecule has 0 radical (unpaired) electrons. The van der Waals surface area contributed by atoms with Gasteiger partial charge >= 0.3 is 5.97 Å². The van der Waals surface area contributed by atoms with Gasteiger partial charge in [-0.1, -0.05) is 36.9 Å². The van der Waals surface area contributed by atoms with Crippen molar-refractivity contribution < 1.29 is 9.90 Å². The highest BCUT2D eigenvalue weighted by molar-refractivity contribution is 6.30. The number of aromatic nitrogens is 3. The lowest BCUT2D eigenvalue weighted by Crippen LogP contribution is -2.34. The highest BCUT2D eigenvalue weighted by Crippen LogP contribution is 2.27. The summed E-state index contributed by atoms with van der Waals surface area (Å²) in [6, 6.07) is 7.35. The molecule has 1 aliphatic rings. The van der Waals surface area contributed by atoms with Crippen molar-refractivity contribution in [2.24, 2.45) is 0 Å². The Bertz CT molecular complexity index is 710. The fourth-order valence-corrected chi connectivity index (χ4v) is 3.22. The van der Waals surface area contributed by atoms with Crippen LogP contribution in [0.1, 0.15) is 42.6 Å². The summed E-state index contributed by atoms with van der Waals surface area (Å²) in [5.41, 5.74) is 0.612. The highest BCUT2D eigenvalue weighted by atomic mass is 35.5. The maximum atomic E-state index is 11.6. The summed E-state index contributed by atoms with van der Waals surface area (Å²) in [5.74, 6) is -0.666.